The van der Waals surface area contributed by atoms with Crippen LogP contribution in [0.2, 0.25) is 0 Å². The molecule has 21 heavy (non-hydrogen) atoms. The summed E-state index contributed by atoms with van der Waals surface area (Å²) in [5.41, 5.74) is 3.82. The Labute approximate surface area is 122 Å². The highest BCUT2D eigenvalue weighted by Gasteiger charge is 2.10. The fourth-order valence-corrected chi connectivity index (χ4v) is 2.38. The molecule has 0 bridgehead atoms. The summed E-state index contributed by atoms with van der Waals surface area (Å²) in [5.74, 6) is -0.330. The predicted molar refractivity (Wildman–Crippen MR) is 80.9 cm³/mol. The molecule has 1 heterocycles. The minimum absolute atomic E-state index is 0.330. The maximum absolute atomic E-state index is 12.8. The van der Waals surface area contributed by atoms with Gasteiger partial charge in [-0.25, -0.2) is 9.18 Å². The number of amides is 2. The van der Waals surface area contributed by atoms with E-state index in [1.807, 2.05) is 18.2 Å². The lowest BCUT2D eigenvalue weighted by Crippen LogP contribution is -2.24. The zero-order chi connectivity index (χ0) is 14.7. The van der Waals surface area contributed by atoms with Crippen molar-refractivity contribution in [3.63, 3.8) is 0 Å². The molecule has 1 aliphatic heterocycles. The summed E-state index contributed by atoms with van der Waals surface area (Å²) in [6.45, 7) is 1.81. The van der Waals surface area contributed by atoms with Crippen molar-refractivity contribution in [2.45, 2.75) is 13.0 Å². The van der Waals surface area contributed by atoms with Gasteiger partial charge >= 0.3 is 6.03 Å². The van der Waals surface area contributed by atoms with Crippen LogP contribution >= 0.6 is 0 Å². The monoisotopic (exact) mass is 285 g/mol. The number of carbonyl (C=O) groups excluding carboxylic acids is 1. The van der Waals surface area contributed by atoms with E-state index in [0.717, 1.165) is 25.2 Å². The maximum atomic E-state index is 12.8. The van der Waals surface area contributed by atoms with Gasteiger partial charge in [-0.2, -0.15) is 0 Å². The normalized spacial score (nSPS) is 13.4. The second kappa shape index (κ2) is 5.93. The number of fused-ring (bicyclic) bond motifs is 1. The van der Waals surface area contributed by atoms with Gasteiger partial charge < -0.3 is 16.0 Å². The van der Waals surface area contributed by atoms with Crippen molar-refractivity contribution in [1.29, 1.82) is 0 Å². The molecule has 4 nitrogen and oxygen atoms in total. The van der Waals surface area contributed by atoms with Crippen LogP contribution in [-0.2, 0) is 13.0 Å². The summed E-state index contributed by atoms with van der Waals surface area (Å²) < 4.78 is 12.8. The molecule has 108 valence electrons. The summed E-state index contributed by atoms with van der Waals surface area (Å²) in [6, 6.07) is 11.2. The molecular formula is C16H16FN3O. The molecule has 5 heteroatoms. The summed E-state index contributed by atoms with van der Waals surface area (Å²) in [6.07, 6.45) is 1.01. The Morgan fingerprint density at radius 2 is 1.71 bits per heavy atom. The molecule has 3 N–H and O–H groups in total. The van der Waals surface area contributed by atoms with E-state index in [2.05, 4.69) is 16.0 Å². The van der Waals surface area contributed by atoms with Gasteiger partial charge in [0, 0.05) is 17.9 Å². The van der Waals surface area contributed by atoms with Crippen LogP contribution in [0.4, 0.5) is 20.6 Å². The molecule has 2 aromatic carbocycles. The first-order valence-corrected chi connectivity index (χ1v) is 6.87. The average molecular weight is 285 g/mol. The second-order valence-corrected chi connectivity index (χ2v) is 5.00. The fourth-order valence-electron chi connectivity index (χ4n) is 2.38. The quantitative estimate of drug-likeness (QED) is 0.794. The molecule has 0 atom stereocenters. The molecular weight excluding hydrogens is 269 g/mol. The van der Waals surface area contributed by atoms with Gasteiger partial charge in [0.05, 0.1) is 0 Å². The Morgan fingerprint density at radius 3 is 2.52 bits per heavy atom. The van der Waals surface area contributed by atoms with E-state index < -0.39 is 0 Å². The van der Waals surface area contributed by atoms with Crippen LogP contribution in [0.3, 0.4) is 0 Å². The molecule has 0 saturated heterocycles. The van der Waals surface area contributed by atoms with E-state index in [-0.39, 0.29) is 11.8 Å². The zero-order valence-electron chi connectivity index (χ0n) is 11.4. The zero-order valence-corrected chi connectivity index (χ0v) is 11.4. The summed E-state index contributed by atoms with van der Waals surface area (Å²) in [5, 5.41) is 8.75. The van der Waals surface area contributed by atoms with Gasteiger partial charge in [-0.1, -0.05) is 6.07 Å². The Morgan fingerprint density at radius 1 is 1.00 bits per heavy atom. The third-order valence-corrected chi connectivity index (χ3v) is 3.45. The van der Waals surface area contributed by atoms with E-state index in [4.69, 9.17) is 0 Å². The Bertz CT molecular complexity index is 655. The smallest absolute Gasteiger partial charge is 0.312 e. The van der Waals surface area contributed by atoms with Gasteiger partial charge in [0.1, 0.15) is 5.82 Å². The molecule has 2 aromatic rings. The number of anilines is 2. The number of carbonyl (C=O) groups is 1. The number of urea groups is 1. The summed E-state index contributed by atoms with van der Waals surface area (Å²) >= 11 is 0. The molecule has 0 spiro atoms. The molecule has 0 unspecified atom stereocenters. The van der Waals surface area contributed by atoms with Crippen LogP contribution in [0.5, 0.6) is 0 Å². The van der Waals surface area contributed by atoms with Crippen molar-refractivity contribution < 1.29 is 9.18 Å². The first-order valence-electron chi connectivity index (χ1n) is 6.87. The molecule has 0 radical (unpaired) electrons. The van der Waals surface area contributed by atoms with Crippen molar-refractivity contribution in [2.24, 2.45) is 0 Å². The van der Waals surface area contributed by atoms with E-state index in [1.54, 1.807) is 0 Å². The highest BCUT2D eigenvalue weighted by Crippen LogP contribution is 2.19. The Kier molecular flexibility index (Phi) is 3.83. The second-order valence-electron chi connectivity index (χ2n) is 5.00. The molecule has 3 rings (SSSR count). The number of halogens is 1. The molecule has 0 fully saturated rings. The number of hydrogen-bond acceptors (Lipinski definition) is 2. The van der Waals surface area contributed by atoms with Crippen molar-refractivity contribution in [3.8, 4) is 0 Å². The van der Waals surface area contributed by atoms with Gasteiger partial charge in [0.25, 0.3) is 0 Å². The minimum atomic E-state index is -0.342. The largest absolute Gasteiger partial charge is 0.323 e. The van der Waals surface area contributed by atoms with Crippen molar-refractivity contribution in [3.05, 3.63) is 59.4 Å². The topological polar surface area (TPSA) is 53.2 Å². The molecule has 1 aliphatic rings. The van der Waals surface area contributed by atoms with Gasteiger partial charge in [-0.05, 0) is 60.5 Å². The van der Waals surface area contributed by atoms with E-state index in [1.165, 1.54) is 35.4 Å². The lowest BCUT2D eigenvalue weighted by Gasteiger charge is -2.18. The van der Waals surface area contributed by atoms with E-state index >= 15 is 0 Å². The van der Waals surface area contributed by atoms with Crippen molar-refractivity contribution in [1.82, 2.24) is 5.32 Å². The third kappa shape index (κ3) is 3.38. The number of rotatable bonds is 2. The van der Waals surface area contributed by atoms with Crippen molar-refractivity contribution in [2.75, 3.05) is 17.2 Å². The maximum Gasteiger partial charge on any atom is 0.323 e. The van der Waals surface area contributed by atoms with E-state index in [9.17, 15) is 9.18 Å². The molecule has 0 saturated carbocycles. The molecule has 0 aliphatic carbocycles. The number of hydrogen-bond donors (Lipinski definition) is 3. The first-order chi connectivity index (χ1) is 10.2. The van der Waals surface area contributed by atoms with Crippen LogP contribution in [0.25, 0.3) is 0 Å². The van der Waals surface area contributed by atoms with E-state index in [0.29, 0.717) is 5.69 Å². The van der Waals surface area contributed by atoms with Crippen LogP contribution in [0, 0.1) is 5.82 Å². The van der Waals surface area contributed by atoms with Crippen LogP contribution in [0.1, 0.15) is 11.1 Å². The fraction of sp³-hybridized carbons (Fsp3) is 0.188. The highest BCUT2D eigenvalue weighted by atomic mass is 19.1. The van der Waals surface area contributed by atoms with Gasteiger partial charge in [-0.3, -0.25) is 0 Å². The first kappa shape index (κ1) is 13.6. The average Bonchev–Trinajstić information content (AvgIpc) is 2.49. The number of nitrogens with one attached hydrogen (secondary N) is 3. The van der Waals surface area contributed by atoms with Crippen LogP contribution in [-0.4, -0.2) is 12.6 Å². The SMILES string of the molecule is O=C(Nc1ccc(F)cc1)Nc1ccc2c(c1)CNCC2. The molecule has 2 amide bonds. The lowest BCUT2D eigenvalue weighted by atomic mass is 10.0. The Hall–Kier alpha value is -2.40. The van der Waals surface area contributed by atoms with Crippen LogP contribution in [0.15, 0.2) is 42.5 Å². The number of benzene rings is 2. The van der Waals surface area contributed by atoms with Crippen LogP contribution < -0.4 is 16.0 Å². The lowest BCUT2D eigenvalue weighted by molar-refractivity contribution is 0.262. The summed E-state index contributed by atoms with van der Waals surface area (Å²) in [4.78, 5) is 11.9. The predicted octanol–water partition coefficient (Wildman–Crippen LogP) is 3.12. The van der Waals surface area contributed by atoms with Gasteiger partial charge in [0.2, 0.25) is 0 Å². The molecule has 0 aromatic heterocycles. The minimum Gasteiger partial charge on any atom is -0.312 e. The third-order valence-electron chi connectivity index (χ3n) is 3.45. The standard InChI is InChI=1S/C16H16FN3O/c17-13-2-5-14(6-3-13)19-16(21)20-15-4-1-11-7-8-18-10-12(11)9-15/h1-6,9,18H,7-8,10H2,(H2,19,20,21). The van der Waals surface area contributed by atoms with Gasteiger partial charge in [0.15, 0.2) is 0 Å². The van der Waals surface area contributed by atoms with Crippen molar-refractivity contribution >= 4 is 17.4 Å². The highest BCUT2D eigenvalue weighted by molar-refractivity contribution is 5.99. The Balaban J connectivity index is 1.65. The van der Waals surface area contributed by atoms with Gasteiger partial charge in [-0.15, -0.1) is 0 Å². The summed E-state index contributed by atoms with van der Waals surface area (Å²) in [7, 11) is 0.